The quantitative estimate of drug-likeness (QED) is 0.807. The molecule has 1 amide bonds. The predicted molar refractivity (Wildman–Crippen MR) is 96.1 cm³/mol. The van der Waals surface area contributed by atoms with E-state index in [4.69, 9.17) is 26.3 Å². The summed E-state index contributed by atoms with van der Waals surface area (Å²) in [4.78, 5) is 18.4. The first-order valence-electron chi connectivity index (χ1n) is 8.14. The smallest absolute Gasteiger partial charge is 0.266 e. The third-order valence-corrected chi connectivity index (χ3v) is 4.24. The molecule has 0 atom stereocenters. The molecule has 1 aliphatic heterocycles. The molecule has 1 aliphatic rings. The van der Waals surface area contributed by atoms with Crippen molar-refractivity contribution in [2.45, 2.75) is 25.6 Å². The van der Waals surface area contributed by atoms with Gasteiger partial charge in [-0.1, -0.05) is 11.6 Å². The number of nitriles is 1. The van der Waals surface area contributed by atoms with E-state index in [1.807, 2.05) is 6.07 Å². The number of likely N-dealkylation sites (tertiary alicyclic amines) is 1. The van der Waals surface area contributed by atoms with Crippen LogP contribution in [0, 0.1) is 11.3 Å². The summed E-state index contributed by atoms with van der Waals surface area (Å²) in [6.45, 7) is 4.36. The van der Waals surface area contributed by atoms with Crippen LogP contribution in [0.25, 0.3) is 0 Å². The highest BCUT2D eigenvalue weighted by Crippen LogP contribution is 2.25. The Hall–Kier alpha value is -2.78. The lowest BCUT2D eigenvalue weighted by Gasteiger charge is -2.42. The topological polar surface area (TPSA) is 75.4 Å². The summed E-state index contributed by atoms with van der Waals surface area (Å²) in [5.41, 5.74) is -0.516. The van der Waals surface area contributed by atoms with E-state index < -0.39 is 5.60 Å². The number of aromatic nitrogens is 1. The van der Waals surface area contributed by atoms with Crippen LogP contribution in [-0.2, 0) is 4.79 Å². The molecule has 2 aromatic rings. The van der Waals surface area contributed by atoms with Crippen LogP contribution >= 0.6 is 11.6 Å². The molecule has 0 aliphatic carbocycles. The van der Waals surface area contributed by atoms with Crippen LogP contribution in [0.4, 0.5) is 0 Å². The fraction of sp³-hybridized carbons (Fsp3) is 0.316. The Kier molecular flexibility index (Phi) is 5.01. The molecule has 1 fully saturated rings. The van der Waals surface area contributed by atoms with Gasteiger partial charge in [-0.05, 0) is 44.2 Å². The average molecular weight is 372 g/mol. The lowest BCUT2D eigenvalue weighted by Crippen LogP contribution is -2.61. The van der Waals surface area contributed by atoms with E-state index in [1.165, 1.54) is 6.20 Å². The zero-order valence-electron chi connectivity index (χ0n) is 14.5. The second-order valence-electron chi connectivity index (χ2n) is 6.51. The van der Waals surface area contributed by atoms with Crippen LogP contribution in [0.3, 0.4) is 0 Å². The first-order chi connectivity index (χ1) is 12.4. The minimum Gasteiger partial charge on any atom is -0.478 e. The summed E-state index contributed by atoms with van der Waals surface area (Å²) in [7, 11) is 0. The minimum absolute atomic E-state index is 0.119. The van der Waals surface area contributed by atoms with Crippen LogP contribution in [0.5, 0.6) is 11.6 Å². The van der Waals surface area contributed by atoms with E-state index >= 15 is 0 Å². The van der Waals surface area contributed by atoms with E-state index in [0.717, 1.165) is 0 Å². The maximum absolute atomic E-state index is 12.7. The molecule has 0 N–H and O–H groups in total. The van der Waals surface area contributed by atoms with Crippen molar-refractivity contribution >= 4 is 17.5 Å². The highest BCUT2D eigenvalue weighted by atomic mass is 35.5. The molecule has 6 nitrogen and oxygen atoms in total. The molecule has 2 heterocycles. The molecule has 1 saturated heterocycles. The van der Waals surface area contributed by atoms with Gasteiger partial charge in [0.2, 0.25) is 5.88 Å². The molecule has 1 aromatic heterocycles. The Morgan fingerprint density at radius 1 is 1.31 bits per heavy atom. The highest BCUT2D eigenvalue weighted by Gasteiger charge is 2.41. The Balaban J connectivity index is 1.55. The highest BCUT2D eigenvalue weighted by molar-refractivity contribution is 6.30. The molecule has 134 valence electrons. The molecule has 7 heteroatoms. The summed E-state index contributed by atoms with van der Waals surface area (Å²) in [5.74, 6) is 0.849. The van der Waals surface area contributed by atoms with Crippen LogP contribution in [0.15, 0.2) is 42.6 Å². The van der Waals surface area contributed by atoms with Gasteiger partial charge in [-0.2, -0.15) is 5.26 Å². The number of hydrogen-bond donors (Lipinski definition) is 0. The average Bonchev–Trinajstić information content (AvgIpc) is 2.59. The van der Waals surface area contributed by atoms with Crippen molar-refractivity contribution < 1.29 is 14.3 Å². The van der Waals surface area contributed by atoms with Gasteiger partial charge >= 0.3 is 0 Å². The number of hydrogen-bond acceptors (Lipinski definition) is 5. The van der Waals surface area contributed by atoms with Crippen molar-refractivity contribution in [1.29, 1.82) is 5.26 Å². The number of ether oxygens (including phenoxy) is 2. The van der Waals surface area contributed by atoms with Gasteiger partial charge in [0.15, 0.2) is 5.60 Å². The first-order valence-corrected chi connectivity index (χ1v) is 8.52. The minimum atomic E-state index is -1.00. The molecule has 1 aromatic carbocycles. The summed E-state index contributed by atoms with van der Waals surface area (Å²) < 4.78 is 11.5. The lowest BCUT2D eigenvalue weighted by molar-refractivity contribution is -0.154. The standard InChI is InChI=1S/C19H18ClN3O3/c1-19(2,26-15-5-3-14(20)4-6-15)18(24)23-11-16(12-23)25-17-9-13(10-21)7-8-22-17/h3-9,16H,11-12H2,1-2H3. The number of nitrogens with zero attached hydrogens (tertiary/aromatic N) is 3. The van der Waals surface area contributed by atoms with Gasteiger partial charge in [-0.15, -0.1) is 0 Å². The zero-order valence-corrected chi connectivity index (χ0v) is 15.2. The Bertz CT molecular complexity index is 840. The summed E-state index contributed by atoms with van der Waals surface area (Å²) in [5, 5.41) is 9.51. The number of carbonyl (C=O) groups is 1. The number of amides is 1. The summed E-state index contributed by atoms with van der Waals surface area (Å²) in [6.07, 6.45) is 1.38. The first kappa shape index (κ1) is 18.0. The lowest BCUT2D eigenvalue weighted by atomic mass is 10.0. The number of halogens is 1. The monoisotopic (exact) mass is 371 g/mol. The van der Waals surface area contributed by atoms with Crippen molar-refractivity contribution in [3.63, 3.8) is 0 Å². The van der Waals surface area contributed by atoms with E-state index in [9.17, 15) is 4.79 Å². The molecule has 3 rings (SSSR count). The van der Waals surface area contributed by atoms with Crippen LogP contribution in [0.1, 0.15) is 19.4 Å². The molecule has 0 radical (unpaired) electrons. The SMILES string of the molecule is CC(C)(Oc1ccc(Cl)cc1)C(=O)N1CC(Oc2cc(C#N)ccn2)C1. The zero-order chi connectivity index (χ0) is 18.7. The molecule has 0 saturated carbocycles. The molecule has 0 spiro atoms. The van der Waals surface area contributed by atoms with Gasteiger partial charge in [0.25, 0.3) is 5.91 Å². The second-order valence-corrected chi connectivity index (χ2v) is 6.95. The number of benzene rings is 1. The van der Waals surface area contributed by atoms with Crippen LogP contribution < -0.4 is 9.47 Å². The predicted octanol–water partition coefficient (Wildman–Crippen LogP) is 3.05. The van der Waals surface area contributed by atoms with Gasteiger partial charge in [-0.3, -0.25) is 4.79 Å². The van der Waals surface area contributed by atoms with E-state index in [0.29, 0.717) is 35.3 Å². The van der Waals surface area contributed by atoms with Crippen molar-refractivity contribution in [3.8, 4) is 17.7 Å². The summed E-state index contributed by atoms with van der Waals surface area (Å²) >= 11 is 5.86. The van der Waals surface area contributed by atoms with Crippen molar-refractivity contribution in [1.82, 2.24) is 9.88 Å². The van der Waals surface area contributed by atoms with Crippen molar-refractivity contribution in [2.24, 2.45) is 0 Å². The largest absolute Gasteiger partial charge is 0.478 e. The second kappa shape index (κ2) is 7.22. The maximum Gasteiger partial charge on any atom is 0.266 e. The molecule has 0 unspecified atom stereocenters. The fourth-order valence-corrected chi connectivity index (χ4v) is 2.74. The van der Waals surface area contributed by atoms with Gasteiger partial charge in [0, 0.05) is 17.3 Å². The van der Waals surface area contributed by atoms with Crippen LogP contribution in [-0.4, -0.2) is 40.6 Å². The van der Waals surface area contributed by atoms with E-state index in [1.54, 1.807) is 55.1 Å². The molecular formula is C19H18ClN3O3. The van der Waals surface area contributed by atoms with Crippen LogP contribution in [0.2, 0.25) is 5.02 Å². The van der Waals surface area contributed by atoms with Gasteiger partial charge < -0.3 is 14.4 Å². The van der Waals surface area contributed by atoms with Gasteiger partial charge in [-0.25, -0.2) is 4.98 Å². The summed E-state index contributed by atoms with van der Waals surface area (Å²) in [6, 6.07) is 12.1. The van der Waals surface area contributed by atoms with Crippen molar-refractivity contribution in [3.05, 3.63) is 53.2 Å². The molecule has 0 bridgehead atoms. The van der Waals surface area contributed by atoms with Crippen molar-refractivity contribution in [2.75, 3.05) is 13.1 Å². The third kappa shape index (κ3) is 4.06. The van der Waals surface area contributed by atoms with E-state index in [2.05, 4.69) is 4.98 Å². The third-order valence-electron chi connectivity index (χ3n) is 3.99. The van der Waals surface area contributed by atoms with Gasteiger partial charge in [0.1, 0.15) is 11.9 Å². The Labute approximate surface area is 156 Å². The Morgan fingerprint density at radius 2 is 2.00 bits per heavy atom. The number of rotatable bonds is 5. The molecular weight excluding hydrogens is 354 g/mol. The number of carbonyl (C=O) groups excluding carboxylic acids is 1. The Morgan fingerprint density at radius 3 is 2.65 bits per heavy atom. The van der Waals surface area contributed by atoms with Gasteiger partial charge in [0.05, 0.1) is 24.7 Å². The fourth-order valence-electron chi connectivity index (χ4n) is 2.61. The number of pyridine rings is 1. The maximum atomic E-state index is 12.7. The molecule has 26 heavy (non-hydrogen) atoms. The van der Waals surface area contributed by atoms with E-state index in [-0.39, 0.29) is 12.0 Å². The normalized spacial score (nSPS) is 14.3.